The van der Waals surface area contributed by atoms with Crippen LogP contribution >= 0.6 is 22.7 Å². The molecule has 4 rings (SSSR count). The fourth-order valence-corrected chi connectivity index (χ4v) is 3.46. The Morgan fingerprint density at radius 2 is 1.67 bits per heavy atom. The van der Waals surface area contributed by atoms with Gasteiger partial charge in [-0.1, -0.05) is 0 Å². The Bertz CT molecular complexity index is 867. The molecule has 0 unspecified atom stereocenters. The van der Waals surface area contributed by atoms with Crippen LogP contribution in [0.4, 0.5) is 0 Å². The standard InChI is InChI=1S/C7H6N2OS.C7H6N2S/c1-5-8-6-4-9(10)3-2-7(6)11-5;1-5-9-6-4-8-3-2-7(6)10-5/h2-4H,1H3;2-4H,1H3. The van der Waals surface area contributed by atoms with Crippen LogP contribution in [-0.4, -0.2) is 15.0 Å². The summed E-state index contributed by atoms with van der Waals surface area (Å²) in [6, 6.07) is 3.77. The molecule has 5 nitrogen and oxygen atoms in total. The number of aromatic nitrogens is 4. The van der Waals surface area contributed by atoms with Gasteiger partial charge in [-0.3, -0.25) is 4.98 Å². The molecule has 0 fully saturated rings. The van der Waals surface area contributed by atoms with Gasteiger partial charge in [-0.15, -0.1) is 22.7 Å². The Morgan fingerprint density at radius 1 is 1.00 bits per heavy atom. The molecule has 0 amide bonds. The average molecular weight is 316 g/mol. The van der Waals surface area contributed by atoms with E-state index in [-0.39, 0.29) is 0 Å². The molecule has 21 heavy (non-hydrogen) atoms. The summed E-state index contributed by atoms with van der Waals surface area (Å²) in [5, 5.41) is 12.9. The molecule has 0 atom stereocenters. The second-order valence-corrected chi connectivity index (χ2v) is 6.83. The molecule has 0 N–H and O–H groups in total. The highest BCUT2D eigenvalue weighted by molar-refractivity contribution is 7.18. The summed E-state index contributed by atoms with van der Waals surface area (Å²) in [6.45, 7) is 3.93. The molecular weight excluding hydrogens is 304 g/mol. The third-order valence-corrected chi connectivity index (χ3v) is 4.61. The van der Waals surface area contributed by atoms with Crippen molar-refractivity contribution in [3.63, 3.8) is 0 Å². The molecule has 0 bridgehead atoms. The molecule has 0 aliphatic carbocycles. The molecule has 4 aromatic heterocycles. The van der Waals surface area contributed by atoms with Gasteiger partial charge in [-0.2, -0.15) is 4.73 Å². The molecule has 0 spiro atoms. The highest BCUT2D eigenvalue weighted by Crippen LogP contribution is 2.19. The van der Waals surface area contributed by atoms with E-state index in [9.17, 15) is 5.21 Å². The Balaban J connectivity index is 0.000000126. The molecule has 4 heterocycles. The lowest BCUT2D eigenvalue weighted by Gasteiger charge is -1.91. The monoisotopic (exact) mass is 316 g/mol. The van der Waals surface area contributed by atoms with E-state index in [0.717, 1.165) is 30.5 Å². The molecule has 0 saturated carbocycles. The molecule has 0 aliphatic rings. The number of hydrogen-bond acceptors (Lipinski definition) is 6. The third kappa shape index (κ3) is 3.14. The van der Waals surface area contributed by atoms with Gasteiger partial charge >= 0.3 is 0 Å². The molecular formula is C14H12N4OS2. The summed E-state index contributed by atoms with van der Waals surface area (Å²) < 4.78 is 3.05. The van der Waals surface area contributed by atoms with E-state index in [1.54, 1.807) is 41.1 Å². The quantitative estimate of drug-likeness (QED) is 0.369. The van der Waals surface area contributed by atoms with E-state index in [1.165, 1.54) is 17.1 Å². The summed E-state index contributed by atoms with van der Waals surface area (Å²) in [5.74, 6) is 0. The fraction of sp³-hybridized carbons (Fsp3) is 0.143. The van der Waals surface area contributed by atoms with Gasteiger partial charge in [0.15, 0.2) is 6.20 Å². The smallest absolute Gasteiger partial charge is 0.207 e. The number of pyridine rings is 2. The van der Waals surface area contributed by atoms with Crippen LogP contribution in [0.2, 0.25) is 0 Å². The maximum Gasteiger partial charge on any atom is 0.207 e. The van der Waals surface area contributed by atoms with Gasteiger partial charge in [0.1, 0.15) is 5.52 Å². The maximum absolute atomic E-state index is 10.8. The highest BCUT2D eigenvalue weighted by Gasteiger charge is 2.02. The molecule has 0 aromatic carbocycles. The van der Waals surface area contributed by atoms with Crippen molar-refractivity contribution < 1.29 is 4.73 Å². The summed E-state index contributed by atoms with van der Waals surface area (Å²) in [5.41, 5.74) is 1.79. The predicted molar refractivity (Wildman–Crippen MR) is 85.5 cm³/mol. The minimum absolute atomic E-state index is 0.765. The van der Waals surface area contributed by atoms with Crippen molar-refractivity contribution in [3.8, 4) is 0 Å². The Morgan fingerprint density at radius 3 is 2.38 bits per heavy atom. The van der Waals surface area contributed by atoms with E-state index < -0.39 is 0 Å². The van der Waals surface area contributed by atoms with Crippen molar-refractivity contribution in [2.45, 2.75) is 13.8 Å². The summed E-state index contributed by atoms with van der Waals surface area (Å²) in [4.78, 5) is 12.4. The van der Waals surface area contributed by atoms with Gasteiger partial charge in [-0.25, -0.2) is 9.97 Å². The second-order valence-electron chi connectivity index (χ2n) is 4.36. The maximum atomic E-state index is 10.8. The number of nitrogens with zero attached hydrogens (tertiary/aromatic N) is 4. The first-order valence-corrected chi connectivity index (χ1v) is 7.88. The van der Waals surface area contributed by atoms with Crippen LogP contribution in [0.25, 0.3) is 20.4 Å². The van der Waals surface area contributed by atoms with Crippen LogP contribution in [0.3, 0.4) is 0 Å². The van der Waals surface area contributed by atoms with E-state index >= 15 is 0 Å². The van der Waals surface area contributed by atoms with Gasteiger partial charge in [0.05, 0.1) is 31.1 Å². The Kier molecular flexibility index (Phi) is 3.76. The number of aryl methyl sites for hydroxylation is 2. The largest absolute Gasteiger partial charge is 0.619 e. The van der Waals surface area contributed by atoms with Crippen LogP contribution in [0.15, 0.2) is 36.9 Å². The first kappa shape index (κ1) is 13.8. The van der Waals surface area contributed by atoms with Crippen LogP contribution in [0.1, 0.15) is 10.0 Å². The first-order chi connectivity index (χ1) is 10.1. The Hall–Kier alpha value is -2.12. The van der Waals surface area contributed by atoms with Gasteiger partial charge in [0, 0.05) is 12.3 Å². The molecule has 0 aliphatic heterocycles. The van der Waals surface area contributed by atoms with E-state index in [4.69, 9.17) is 0 Å². The minimum Gasteiger partial charge on any atom is -0.619 e. The zero-order valence-corrected chi connectivity index (χ0v) is 13.1. The lowest BCUT2D eigenvalue weighted by atomic mass is 10.4. The molecule has 0 saturated heterocycles. The lowest BCUT2D eigenvalue weighted by Crippen LogP contribution is -2.23. The third-order valence-electron chi connectivity index (χ3n) is 2.71. The SMILES string of the molecule is Cc1nc2c[n+]([O-])ccc2s1.Cc1nc2cnccc2s1. The van der Waals surface area contributed by atoms with E-state index in [0.29, 0.717) is 0 Å². The molecule has 4 aromatic rings. The van der Waals surface area contributed by atoms with Crippen LogP contribution in [-0.2, 0) is 0 Å². The Labute approximate surface area is 129 Å². The van der Waals surface area contributed by atoms with Gasteiger partial charge in [-0.05, 0) is 19.9 Å². The van der Waals surface area contributed by atoms with Crippen LogP contribution < -0.4 is 4.73 Å². The first-order valence-electron chi connectivity index (χ1n) is 6.25. The van der Waals surface area contributed by atoms with Crippen LogP contribution in [0.5, 0.6) is 0 Å². The zero-order valence-electron chi connectivity index (χ0n) is 11.5. The topological polar surface area (TPSA) is 65.6 Å². The van der Waals surface area contributed by atoms with Gasteiger partial charge in [0.25, 0.3) is 0 Å². The molecule has 106 valence electrons. The summed E-state index contributed by atoms with van der Waals surface area (Å²) in [7, 11) is 0. The number of thiazole rings is 2. The normalized spacial score (nSPS) is 10.6. The summed E-state index contributed by atoms with van der Waals surface area (Å²) >= 11 is 3.30. The molecule has 7 heteroatoms. The zero-order chi connectivity index (χ0) is 14.8. The van der Waals surface area contributed by atoms with Crippen molar-refractivity contribution in [2.75, 3.05) is 0 Å². The van der Waals surface area contributed by atoms with Crippen molar-refractivity contribution in [1.29, 1.82) is 0 Å². The lowest BCUT2D eigenvalue weighted by molar-refractivity contribution is -0.603. The minimum atomic E-state index is 0.765. The van der Waals surface area contributed by atoms with E-state index in [2.05, 4.69) is 15.0 Å². The number of rotatable bonds is 0. The molecule has 0 radical (unpaired) electrons. The fourth-order valence-electron chi connectivity index (χ4n) is 1.87. The van der Waals surface area contributed by atoms with Crippen molar-refractivity contribution >= 4 is 43.1 Å². The van der Waals surface area contributed by atoms with Crippen LogP contribution in [0, 0.1) is 19.1 Å². The highest BCUT2D eigenvalue weighted by atomic mass is 32.1. The van der Waals surface area contributed by atoms with Crippen molar-refractivity contribution in [2.24, 2.45) is 0 Å². The van der Waals surface area contributed by atoms with Crippen molar-refractivity contribution in [1.82, 2.24) is 15.0 Å². The average Bonchev–Trinajstić information content (AvgIpc) is 2.99. The second kappa shape index (κ2) is 5.71. The number of fused-ring (bicyclic) bond motifs is 2. The van der Waals surface area contributed by atoms with E-state index in [1.807, 2.05) is 19.9 Å². The van der Waals surface area contributed by atoms with Gasteiger partial charge in [0.2, 0.25) is 6.20 Å². The number of hydrogen-bond donors (Lipinski definition) is 0. The van der Waals surface area contributed by atoms with Gasteiger partial charge < -0.3 is 5.21 Å². The predicted octanol–water partition coefficient (Wildman–Crippen LogP) is 3.24. The summed E-state index contributed by atoms with van der Waals surface area (Å²) in [6.07, 6.45) is 6.55. The van der Waals surface area contributed by atoms with Crippen molar-refractivity contribution in [3.05, 3.63) is 52.1 Å².